The minimum Gasteiger partial charge on any atom is -0.382 e. The van der Waals surface area contributed by atoms with Gasteiger partial charge in [0.2, 0.25) is 0 Å². The fraction of sp³-hybridized carbons (Fsp3) is 0.937. The van der Waals surface area contributed by atoms with Crippen LogP contribution in [0.4, 0.5) is 0 Å². The van der Waals surface area contributed by atoms with Crippen molar-refractivity contribution in [3.8, 4) is 0 Å². The molecule has 21 rings (SSSR count). The molecule has 0 amide bonds. The van der Waals surface area contributed by atoms with Gasteiger partial charge in [0.05, 0.1) is 33.0 Å². The minimum atomic E-state index is -1.21. The van der Waals surface area contributed by atoms with Gasteiger partial charge in [0.15, 0.2) is 44.0 Å². The second-order valence-corrected chi connectivity index (χ2v) is 23.9. The highest BCUT2D eigenvalue weighted by molar-refractivity contribution is 5.07. The molecule has 0 aliphatic carbocycles. The molecule has 0 aromatic carbocycles. The lowest BCUT2D eigenvalue weighted by Gasteiger charge is -2.52. The Morgan fingerprint density at radius 1 is 0.198 bits per heavy atom. The van der Waals surface area contributed by atoms with Crippen LogP contribution in [-0.4, -0.2) is 383 Å². The molecular formula is C63H108O33. The van der Waals surface area contributed by atoms with Crippen molar-refractivity contribution >= 4 is 0 Å². The first kappa shape index (κ1) is 79.9. The largest absolute Gasteiger partial charge is 0.382 e. The molecule has 0 N–H and O–H groups in total. The van der Waals surface area contributed by atoms with Crippen LogP contribution in [0.2, 0.25) is 0 Å². The first-order chi connectivity index (χ1) is 46.7. The summed E-state index contributed by atoms with van der Waals surface area (Å²) in [6.45, 7) is 8.13. The predicted molar refractivity (Wildman–Crippen MR) is 326 cm³/mol. The zero-order chi connectivity index (χ0) is 69.5. The van der Waals surface area contributed by atoms with Gasteiger partial charge in [-0.15, -0.1) is 13.2 Å². The van der Waals surface area contributed by atoms with Crippen molar-refractivity contribution in [3.63, 3.8) is 0 Å². The highest BCUT2D eigenvalue weighted by atomic mass is 16.8. The van der Waals surface area contributed by atoms with Crippen molar-refractivity contribution in [2.45, 2.75) is 215 Å². The molecule has 21 fully saturated rings. The summed E-state index contributed by atoms with van der Waals surface area (Å²) in [6.07, 6.45) is -32.6. The molecule has 33 nitrogen and oxygen atoms in total. The van der Waals surface area contributed by atoms with Crippen molar-refractivity contribution in [1.82, 2.24) is 0 Å². The molecule has 21 aliphatic rings. The van der Waals surface area contributed by atoms with Gasteiger partial charge in [0.25, 0.3) is 0 Å². The predicted octanol–water partition coefficient (Wildman–Crippen LogP) is -0.415. The van der Waals surface area contributed by atoms with Crippen molar-refractivity contribution < 1.29 is 156 Å². The van der Waals surface area contributed by atoms with E-state index in [2.05, 4.69) is 13.2 Å². The summed E-state index contributed by atoms with van der Waals surface area (Å²) >= 11 is 0. The van der Waals surface area contributed by atoms with E-state index in [0.717, 1.165) is 0 Å². The molecular weight excluding hydrogens is 1280 g/mol. The lowest BCUT2D eigenvalue weighted by molar-refractivity contribution is -0.401. The van der Waals surface area contributed by atoms with Gasteiger partial charge in [-0.3, -0.25) is 0 Å². The van der Waals surface area contributed by atoms with Crippen LogP contribution >= 0.6 is 0 Å². The molecule has 0 aromatic heterocycles. The van der Waals surface area contributed by atoms with E-state index < -0.39 is 215 Å². The Balaban J connectivity index is 1.22. The summed E-state index contributed by atoms with van der Waals surface area (Å²) in [4.78, 5) is 0. The Bertz CT molecular complexity index is 2220. The van der Waals surface area contributed by atoms with Crippen LogP contribution in [-0.2, 0) is 156 Å². The number of hydrogen-bond acceptors (Lipinski definition) is 33. The minimum absolute atomic E-state index is 0.0314. The van der Waals surface area contributed by atoms with E-state index in [9.17, 15) is 0 Å². The summed E-state index contributed by atoms with van der Waals surface area (Å²) < 4.78 is 213. The maximum absolute atomic E-state index is 7.02. The molecule has 21 aliphatic heterocycles. The van der Waals surface area contributed by atoms with Crippen molar-refractivity contribution in [2.24, 2.45) is 0 Å². The molecule has 0 spiro atoms. The average molecular weight is 1390 g/mol. The Labute approximate surface area is 563 Å². The maximum atomic E-state index is 7.02. The fourth-order valence-electron chi connectivity index (χ4n) is 14.5. The van der Waals surface area contributed by atoms with Crippen LogP contribution in [0.15, 0.2) is 25.3 Å². The van der Waals surface area contributed by atoms with Gasteiger partial charge in [0.1, 0.15) is 171 Å². The molecule has 33 heteroatoms. The van der Waals surface area contributed by atoms with E-state index in [1.165, 1.54) is 135 Å². The number of methoxy groups -OCH3 is 19. The van der Waals surface area contributed by atoms with E-state index >= 15 is 0 Å². The molecule has 0 saturated carbocycles. The van der Waals surface area contributed by atoms with Gasteiger partial charge in [-0.25, -0.2) is 0 Å². The summed E-state index contributed by atoms with van der Waals surface area (Å²) in [5.74, 6) is 0. The Hall–Kier alpha value is -1.84. The van der Waals surface area contributed by atoms with Gasteiger partial charge in [0, 0.05) is 135 Å². The van der Waals surface area contributed by atoms with Crippen molar-refractivity contribution in [2.75, 3.05) is 168 Å². The third-order valence-corrected chi connectivity index (χ3v) is 19.0. The average Bonchev–Trinajstić information content (AvgIpc) is 0.771. The number of ether oxygens (including phenoxy) is 33. The summed E-state index contributed by atoms with van der Waals surface area (Å²) in [5.41, 5.74) is 0. The Kier molecular flexibility index (Phi) is 32.1. The van der Waals surface area contributed by atoms with Crippen LogP contribution in [0.5, 0.6) is 0 Å². The fourth-order valence-corrected chi connectivity index (χ4v) is 14.5. The summed E-state index contributed by atoms with van der Waals surface area (Å²) in [7, 11) is 28.6. The molecule has 21 heterocycles. The molecule has 0 radical (unpaired) electrons. The first-order valence-electron chi connectivity index (χ1n) is 32.0. The number of hydrogen-bond donors (Lipinski definition) is 0. The highest BCUT2D eigenvalue weighted by Gasteiger charge is 2.62. The van der Waals surface area contributed by atoms with Gasteiger partial charge in [-0.05, 0) is 0 Å². The molecule has 558 valence electrons. The third kappa shape index (κ3) is 16.9. The SMILES string of the molecule is C=C[C@H]1O[C@@H]2O[C@H]3[C@H](OC)[C@@H](OC)[C@@H](O[C@H]4[C@H](OC)[C@@H](OC)[C@@H](O[C@H]5[C@H](OC)[C@@H](OC)[C@@H](O[C@H]6[C@H](OC)[C@@H](OC)[C@@H](O[C@H]7[C@H](OC)[C@@H](OC)[C@@H](O[C@H]8[C@H](OC)[C@@H](OC)[C@@H](O[C@H]1[C@H](OC)[C@H]2OC)O[C@@H]8COC)O[C@@H]7C=C)O[C@@H]6COC)O[C@@H]5COC)O[C@@H]4COC)O[C@@H]3COC. The van der Waals surface area contributed by atoms with E-state index in [1.54, 1.807) is 12.2 Å². The van der Waals surface area contributed by atoms with Gasteiger partial charge >= 0.3 is 0 Å². The van der Waals surface area contributed by atoms with Crippen LogP contribution in [0.1, 0.15) is 0 Å². The summed E-state index contributed by atoms with van der Waals surface area (Å²) in [6, 6.07) is 0. The van der Waals surface area contributed by atoms with Crippen LogP contribution in [0.25, 0.3) is 0 Å². The lowest BCUT2D eigenvalue weighted by atomic mass is 9.94. The zero-order valence-corrected chi connectivity index (χ0v) is 58.8. The number of rotatable bonds is 26. The zero-order valence-electron chi connectivity index (χ0n) is 58.8. The Morgan fingerprint density at radius 3 is 0.490 bits per heavy atom. The smallest absolute Gasteiger partial charge is 0.187 e. The normalized spacial score (nSPS) is 46.7. The van der Waals surface area contributed by atoms with E-state index in [0.29, 0.717) is 0 Å². The van der Waals surface area contributed by atoms with Gasteiger partial charge in [-0.1, -0.05) is 12.2 Å². The van der Waals surface area contributed by atoms with E-state index in [1.807, 2.05) is 0 Å². The Morgan fingerprint density at radius 2 is 0.344 bits per heavy atom. The molecule has 96 heavy (non-hydrogen) atoms. The maximum Gasteiger partial charge on any atom is 0.187 e. The van der Waals surface area contributed by atoms with Crippen molar-refractivity contribution in [3.05, 3.63) is 25.3 Å². The first-order valence-corrected chi connectivity index (χ1v) is 32.0. The second-order valence-electron chi connectivity index (χ2n) is 23.9. The van der Waals surface area contributed by atoms with Crippen LogP contribution < -0.4 is 0 Å². The van der Waals surface area contributed by atoms with E-state index in [-0.39, 0.29) is 33.0 Å². The van der Waals surface area contributed by atoms with Crippen molar-refractivity contribution in [1.29, 1.82) is 0 Å². The summed E-state index contributed by atoms with van der Waals surface area (Å²) in [5, 5.41) is 0. The molecule has 0 unspecified atom stereocenters. The standard InChI is InChI=1S/C63H108O33/c1-22-29-36-43(69-8)51(77-16)58(84-29)93-39-32(25-65-4)87-61(54(80-19)46(39)72-11)95-41-34(27-67-6)89-63(56(82-21)48(41)74-13)96-42-35(28-68-7)88-62(55(81-20)49(42)75-14)94-40-33(26-66-5)86-60(53(79-18)47(40)73-12)91-37-30(23-2)83-57(50(76-15)44(37)70-9)92-38-31(24-64-3)85-59(90-36)52(78-17)45(38)71-10/h22-23,29-63H,1-2,24-28H2,3-21H3/t29-,30-,31-,32-,33-,34-,35-,36-,37-,38-,39-,40-,41-,42-,43+,44+,45+,46+,47+,48+,49+,50-,51-,52-,53-,54-,55-,56-,57-,58-,59-,60-,61-,62-,63-/m1/s1. The molecule has 21 saturated heterocycles. The monoisotopic (exact) mass is 1390 g/mol. The lowest BCUT2D eigenvalue weighted by Crippen LogP contribution is -2.69. The topological polar surface area (TPSA) is 305 Å². The second kappa shape index (κ2) is 38.6. The van der Waals surface area contributed by atoms with Crippen LogP contribution in [0.3, 0.4) is 0 Å². The van der Waals surface area contributed by atoms with E-state index in [4.69, 9.17) is 156 Å². The third-order valence-electron chi connectivity index (χ3n) is 19.0. The quantitative estimate of drug-likeness (QED) is 0.0994. The molecule has 0 aromatic rings. The van der Waals surface area contributed by atoms with Gasteiger partial charge in [-0.2, -0.15) is 0 Å². The molecule has 14 bridgehead atoms. The highest BCUT2D eigenvalue weighted by Crippen LogP contribution is 2.43. The molecule has 35 atom stereocenters. The van der Waals surface area contributed by atoms with Gasteiger partial charge < -0.3 is 156 Å². The van der Waals surface area contributed by atoms with Crippen LogP contribution in [0, 0.1) is 0 Å².